The van der Waals surface area contributed by atoms with E-state index in [4.69, 9.17) is 4.74 Å². The lowest BCUT2D eigenvalue weighted by Crippen LogP contribution is -2.76. The van der Waals surface area contributed by atoms with E-state index in [0.717, 1.165) is 50.7 Å². The Morgan fingerprint density at radius 1 is 0.434 bits per heavy atom. The van der Waals surface area contributed by atoms with Gasteiger partial charge in [-0.1, -0.05) is 51.9 Å². The fraction of sp³-hybridized carbons (Fsp3) is 0.759. The van der Waals surface area contributed by atoms with Gasteiger partial charge in [-0.05, 0) is 30.7 Å². The summed E-state index contributed by atoms with van der Waals surface area (Å²) in [7, 11) is 0. The van der Waals surface area contributed by atoms with Crippen LogP contribution in [0.1, 0.15) is 64.7 Å². The molecular formula is C29H29F21O3. The smallest absolute Gasteiger partial charge is 0.460 e. The van der Waals surface area contributed by atoms with Crippen LogP contribution in [0.2, 0.25) is 0 Å². The summed E-state index contributed by atoms with van der Waals surface area (Å²) >= 11 is 0. The molecule has 0 aliphatic rings. The Hall–Kier alpha value is -2.98. The number of alkyl halides is 21. The molecule has 0 aliphatic carbocycles. The molecule has 0 aromatic heterocycles. The highest BCUT2D eigenvalue weighted by Gasteiger charge is 2.97. The van der Waals surface area contributed by atoms with Crippen LogP contribution in [0.25, 0.3) is 0 Å². The Morgan fingerprint density at radius 2 is 0.811 bits per heavy atom. The summed E-state index contributed by atoms with van der Waals surface area (Å²) in [5, 5.41) is 0. The third kappa shape index (κ3) is 8.95. The van der Waals surface area contributed by atoms with Gasteiger partial charge in [0.05, 0.1) is 19.6 Å². The quantitative estimate of drug-likeness (QED) is 0.0863. The van der Waals surface area contributed by atoms with E-state index in [2.05, 4.69) is 4.74 Å². The van der Waals surface area contributed by atoms with Crippen molar-refractivity contribution in [2.45, 2.75) is 124 Å². The molecule has 1 rings (SSSR count). The van der Waals surface area contributed by atoms with Crippen LogP contribution in [0.5, 0.6) is 11.5 Å². The summed E-state index contributed by atoms with van der Waals surface area (Å²) in [6.07, 6.45) is -3.78. The monoisotopic (exact) mass is 824 g/mol. The van der Waals surface area contributed by atoms with Crippen molar-refractivity contribution in [2.24, 2.45) is 0 Å². The SMILES string of the molecule is CCCCCCCCCCOc1ccc(OCCC(F)(F)C(F)(F)C(F)(F)C(F)(F)C(F)(F)C(F)(F)C(F)(F)C(F)(F)C(F)(F)C(F)(F)F)ccc1=O. The predicted octanol–water partition coefficient (Wildman–Crippen LogP) is 11.6. The first-order valence-electron chi connectivity index (χ1n) is 15.0. The highest BCUT2D eigenvalue weighted by atomic mass is 19.4. The van der Waals surface area contributed by atoms with Crippen molar-refractivity contribution < 1.29 is 102 Å². The van der Waals surface area contributed by atoms with Crippen molar-refractivity contribution >= 4 is 0 Å². The van der Waals surface area contributed by atoms with Crippen LogP contribution in [-0.2, 0) is 0 Å². The van der Waals surface area contributed by atoms with E-state index in [1.807, 2.05) is 6.92 Å². The molecule has 0 N–H and O–H groups in total. The zero-order valence-electron chi connectivity index (χ0n) is 26.7. The first-order chi connectivity index (χ1) is 23.7. The van der Waals surface area contributed by atoms with Crippen molar-refractivity contribution in [2.75, 3.05) is 13.2 Å². The molecular weight excluding hydrogens is 795 g/mol. The summed E-state index contributed by atoms with van der Waals surface area (Å²) in [5.74, 6) is -78.6. The molecule has 0 aliphatic heterocycles. The fourth-order valence-corrected chi connectivity index (χ4v) is 4.21. The fourth-order valence-electron chi connectivity index (χ4n) is 4.21. The van der Waals surface area contributed by atoms with Crippen LogP contribution in [0, 0.1) is 0 Å². The lowest BCUT2D eigenvalue weighted by molar-refractivity contribution is -0.474. The summed E-state index contributed by atoms with van der Waals surface area (Å²) in [5.41, 5.74) is -0.874. The topological polar surface area (TPSA) is 35.5 Å². The van der Waals surface area contributed by atoms with Crippen LogP contribution >= 0.6 is 0 Å². The summed E-state index contributed by atoms with van der Waals surface area (Å²) in [6, 6.07) is 2.93. The molecule has 3 nitrogen and oxygen atoms in total. The first kappa shape index (κ1) is 48.0. The van der Waals surface area contributed by atoms with Crippen molar-refractivity contribution in [3.8, 4) is 11.5 Å². The molecule has 0 saturated carbocycles. The summed E-state index contributed by atoms with van der Waals surface area (Å²) in [6.45, 7) is 0.0763. The van der Waals surface area contributed by atoms with E-state index in [9.17, 15) is 97.0 Å². The maximum Gasteiger partial charge on any atom is 0.460 e. The molecule has 310 valence electrons. The van der Waals surface area contributed by atoms with Gasteiger partial charge >= 0.3 is 59.5 Å². The summed E-state index contributed by atoms with van der Waals surface area (Å²) in [4.78, 5) is 12.1. The van der Waals surface area contributed by atoms with Crippen molar-refractivity contribution in [3.05, 3.63) is 34.5 Å². The highest BCUT2D eigenvalue weighted by molar-refractivity contribution is 5.29. The molecule has 0 radical (unpaired) electrons. The second-order valence-electron chi connectivity index (χ2n) is 11.5. The molecule has 0 fully saturated rings. The molecule has 1 aromatic rings. The van der Waals surface area contributed by atoms with E-state index in [-0.39, 0.29) is 12.4 Å². The van der Waals surface area contributed by atoms with E-state index in [0.29, 0.717) is 25.0 Å². The molecule has 0 atom stereocenters. The Balaban J connectivity index is 3.18. The normalized spacial score (nSPS) is 14.8. The molecule has 53 heavy (non-hydrogen) atoms. The standard InChI is InChI=1S/C29H29F21O3/c1-2-3-4-5-6-7-8-9-15-53-19-13-11-17(10-12-18(19)51)52-16-14-20(30,31)21(32,33)22(34,35)23(36,37)24(38,39)25(40,41)26(42,43)27(44,45)28(46,47)29(48,49)50/h10-13H,2-9,14-16H2,1H3. The van der Waals surface area contributed by atoms with Gasteiger partial charge in [0.15, 0.2) is 5.75 Å². The average molecular weight is 825 g/mol. The second-order valence-corrected chi connectivity index (χ2v) is 11.5. The van der Waals surface area contributed by atoms with Gasteiger partial charge in [0, 0.05) is 0 Å². The van der Waals surface area contributed by atoms with Gasteiger partial charge in [0.1, 0.15) is 5.75 Å². The van der Waals surface area contributed by atoms with Gasteiger partial charge in [0.2, 0.25) is 5.43 Å². The van der Waals surface area contributed by atoms with Crippen LogP contribution in [0.15, 0.2) is 29.1 Å². The molecule has 1 aromatic carbocycles. The van der Waals surface area contributed by atoms with Crippen LogP contribution in [0.3, 0.4) is 0 Å². The van der Waals surface area contributed by atoms with Crippen molar-refractivity contribution in [1.29, 1.82) is 0 Å². The Bertz CT molecular complexity index is 1390. The third-order valence-corrected chi connectivity index (χ3v) is 7.56. The third-order valence-electron chi connectivity index (χ3n) is 7.56. The highest BCUT2D eigenvalue weighted by Crippen LogP contribution is 2.66. The maximum atomic E-state index is 14.2. The predicted molar refractivity (Wildman–Crippen MR) is 142 cm³/mol. The van der Waals surface area contributed by atoms with E-state index in [1.165, 1.54) is 0 Å². The zero-order valence-corrected chi connectivity index (χ0v) is 26.7. The number of unbranched alkanes of at least 4 members (excludes halogenated alkanes) is 7. The number of hydrogen-bond acceptors (Lipinski definition) is 3. The summed E-state index contributed by atoms with van der Waals surface area (Å²) < 4.78 is 294. The lowest BCUT2D eigenvalue weighted by atomic mass is 9.86. The largest absolute Gasteiger partial charge is 0.493 e. The molecule has 0 bridgehead atoms. The number of halogens is 21. The van der Waals surface area contributed by atoms with Crippen molar-refractivity contribution in [1.82, 2.24) is 0 Å². The Morgan fingerprint density at radius 3 is 1.25 bits per heavy atom. The molecule has 0 spiro atoms. The number of hydrogen-bond donors (Lipinski definition) is 0. The second kappa shape index (κ2) is 16.4. The first-order valence-corrected chi connectivity index (χ1v) is 15.0. The van der Waals surface area contributed by atoms with Gasteiger partial charge in [-0.25, -0.2) is 0 Å². The number of rotatable bonds is 22. The Labute approximate surface area is 285 Å². The van der Waals surface area contributed by atoms with Gasteiger partial charge in [-0.3, -0.25) is 4.79 Å². The lowest BCUT2D eigenvalue weighted by Gasteiger charge is -2.44. The number of ether oxygens (including phenoxy) is 2. The minimum absolute atomic E-state index is 0.00956. The molecule has 0 unspecified atom stereocenters. The van der Waals surface area contributed by atoms with Gasteiger partial charge in [-0.15, -0.1) is 0 Å². The Kier molecular flexibility index (Phi) is 14.9. The van der Waals surface area contributed by atoms with E-state index in [1.54, 1.807) is 0 Å². The molecule has 0 heterocycles. The van der Waals surface area contributed by atoms with E-state index >= 15 is 0 Å². The zero-order chi connectivity index (χ0) is 41.8. The molecule has 0 saturated heterocycles. The van der Waals surface area contributed by atoms with Gasteiger partial charge in [0.25, 0.3) is 0 Å². The molecule has 24 heteroatoms. The van der Waals surface area contributed by atoms with Crippen LogP contribution < -0.4 is 14.9 Å². The maximum absolute atomic E-state index is 14.2. The molecule has 0 amide bonds. The van der Waals surface area contributed by atoms with Crippen molar-refractivity contribution in [3.63, 3.8) is 0 Å². The van der Waals surface area contributed by atoms with Crippen LogP contribution in [0.4, 0.5) is 92.2 Å². The average Bonchev–Trinajstić information content (AvgIpc) is 3.19. The van der Waals surface area contributed by atoms with E-state index < -0.39 is 83.7 Å². The van der Waals surface area contributed by atoms with Gasteiger partial charge < -0.3 is 9.47 Å². The minimum Gasteiger partial charge on any atom is -0.493 e. The minimum atomic E-state index is -9.22. The van der Waals surface area contributed by atoms with Crippen LogP contribution in [-0.4, -0.2) is 72.7 Å². The van der Waals surface area contributed by atoms with Gasteiger partial charge in [-0.2, -0.15) is 92.2 Å².